The van der Waals surface area contributed by atoms with Crippen LogP contribution in [0, 0.1) is 0 Å². The monoisotopic (exact) mass is 187 g/mol. The molecule has 1 aliphatic heterocycles. The number of nitrogens with one attached hydrogen (secondary N) is 1. The predicted molar refractivity (Wildman–Crippen MR) is 57.9 cm³/mol. The van der Waals surface area contributed by atoms with Gasteiger partial charge in [0.2, 0.25) is 0 Å². The van der Waals surface area contributed by atoms with Gasteiger partial charge in [0.15, 0.2) is 0 Å². The third-order valence-electron chi connectivity index (χ3n) is 2.85. The molecule has 0 amide bonds. The van der Waals surface area contributed by atoms with Crippen LogP contribution in [0.1, 0.15) is 40.0 Å². The second kappa shape index (κ2) is 4.52. The summed E-state index contributed by atoms with van der Waals surface area (Å²) in [6.07, 6.45) is 4.06. The van der Waals surface area contributed by atoms with Gasteiger partial charge in [0, 0.05) is 10.8 Å². The minimum Gasteiger partial charge on any atom is -0.313 e. The van der Waals surface area contributed by atoms with E-state index in [2.05, 4.69) is 37.8 Å². The summed E-state index contributed by atoms with van der Waals surface area (Å²) in [5.41, 5.74) is 0. The first kappa shape index (κ1) is 10.4. The van der Waals surface area contributed by atoms with E-state index in [4.69, 9.17) is 0 Å². The first-order chi connectivity index (χ1) is 5.73. The summed E-state index contributed by atoms with van der Waals surface area (Å²) in [6.45, 7) is 8.01. The smallest absolute Gasteiger partial charge is 0.0285 e. The molecule has 72 valence electrons. The van der Waals surface area contributed by atoms with Gasteiger partial charge in [-0.15, -0.1) is 0 Å². The third-order valence-corrected chi connectivity index (χ3v) is 4.49. The first-order valence-corrected chi connectivity index (χ1v) is 6.09. The third kappa shape index (κ3) is 2.17. The van der Waals surface area contributed by atoms with Crippen LogP contribution < -0.4 is 5.32 Å². The van der Waals surface area contributed by atoms with Crippen molar-refractivity contribution >= 4 is 11.8 Å². The lowest BCUT2D eigenvalue weighted by Crippen LogP contribution is -2.44. The minimum absolute atomic E-state index is 0.519. The van der Waals surface area contributed by atoms with Crippen LogP contribution in [0.4, 0.5) is 0 Å². The fourth-order valence-electron chi connectivity index (χ4n) is 2.11. The van der Waals surface area contributed by atoms with Gasteiger partial charge in [-0.3, -0.25) is 0 Å². The first-order valence-electron chi connectivity index (χ1n) is 5.10. The van der Waals surface area contributed by atoms with Gasteiger partial charge in [-0.2, -0.15) is 11.8 Å². The molecule has 0 aromatic rings. The Morgan fingerprint density at radius 2 is 2.25 bits per heavy atom. The maximum atomic E-state index is 3.59. The SMILES string of the molecule is CCNC(CC)C1(C)CCCS1. The molecule has 0 spiro atoms. The van der Waals surface area contributed by atoms with E-state index in [1.807, 2.05) is 0 Å². The predicted octanol–water partition coefficient (Wildman–Crippen LogP) is 2.66. The van der Waals surface area contributed by atoms with E-state index in [0.717, 1.165) is 12.6 Å². The fourth-order valence-corrected chi connectivity index (χ4v) is 3.61. The highest BCUT2D eigenvalue weighted by molar-refractivity contribution is 8.00. The Labute approximate surface area is 80.7 Å². The molecule has 1 N–H and O–H groups in total. The zero-order chi connectivity index (χ0) is 9.03. The molecule has 1 nitrogen and oxygen atoms in total. The summed E-state index contributed by atoms with van der Waals surface area (Å²) in [6, 6.07) is 0.718. The molecule has 1 heterocycles. The molecule has 0 radical (unpaired) electrons. The van der Waals surface area contributed by atoms with E-state index < -0.39 is 0 Å². The molecule has 2 unspecified atom stereocenters. The van der Waals surface area contributed by atoms with E-state index in [-0.39, 0.29) is 0 Å². The van der Waals surface area contributed by atoms with Crippen LogP contribution in [0.15, 0.2) is 0 Å². The summed E-state index contributed by atoms with van der Waals surface area (Å²) in [4.78, 5) is 0. The van der Waals surface area contributed by atoms with Crippen molar-refractivity contribution in [1.82, 2.24) is 5.32 Å². The average molecular weight is 187 g/mol. The molecule has 2 heteroatoms. The van der Waals surface area contributed by atoms with E-state index in [0.29, 0.717) is 4.75 Å². The van der Waals surface area contributed by atoms with Gasteiger partial charge in [0.05, 0.1) is 0 Å². The van der Waals surface area contributed by atoms with Gasteiger partial charge in [-0.25, -0.2) is 0 Å². The Hall–Kier alpha value is 0.310. The zero-order valence-electron chi connectivity index (χ0n) is 8.52. The largest absolute Gasteiger partial charge is 0.313 e. The molecule has 0 saturated carbocycles. The van der Waals surface area contributed by atoms with Gasteiger partial charge in [-0.05, 0) is 38.5 Å². The van der Waals surface area contributed by atoms with E-state index in [9.17, 15) is 0 Å². The second-order valence-electron chi connectivity index (χ2n) is 3.78. The molecule has 0 aromatic carbocycles. The summed E-state index contributed by atoms with van der Waals surface area (Å²) < 4.78 is 0.519. The summed E-state index contributed by atoms with van der Waals surface area (Å²) >= 11 is 2.15. The van der Waals surface area contributed by atoms with Crippen molar-refractivity contribution in [1.29, 1.82) is 0 Å². The van der Waals surface area contributed by atoms with Crippen LogP contribution in [0.2, 0.25) is 0 Å². The van der Waals surface area contributed by atoms with E-state index >= 15 is 0 Å². The van der Waals surface area contributed by atoms with Crippen molar-refractivity contribution < 1.29 is 0 Å². The molecule has 1 aliphatic rings. The van der Waals surface area contributed by atoms with Gasteiger partial charge >= 0.3 is 0 Å². The highest BCUT2D eigenvalue weighted by Gasteiger charge is 2.35. The Balaban J connectivity index is 2.50. The molecule has 1 saturated heterocycles. The molecule has 2 atom stereocenters. The van der Waals surface area contributed by atoms with Gasteiger partial charge in [0.25, 0.3) is 0 Å². The lowest BCUT2D eigenvalue weighted by molar-refractivity contribution is 0.399. The van der Waals surface area contributed by atoms with Crippen molar-refractivity contribution in [2.24, 2.45) is 0 Å². The number of hydrogen-bond acceptors (Lipinski definition) is 2. The minimum atomic E-state index is 0.519. The molecule has 1 rings (SSSR count). The average Bonchev–Trinajstić information content (AvgIpc) is 2.49. The van der Waals surface area contributed by atoms with Crippen LogP contribution in [0.3, 0.4) is 0 Å². The molecule has 1 fully saturated rings. The molecular weight excluding hydrogens is 166 g/mol. The fraction of sp³-hybridized carbons (Fsp3) is 1.00. The van der Waals surface area contributed by atoms with Crippen molar-refractivity contribution in [3.05, 3.63) is 0 Å². The van der Waals surface area contributed by atoms with Gasteiger partial charge in [0.1, 0.15) is 0 Å². The Kier molecular flexibility index (Phi) is 3.91. The summed E-state index contributed by atoms with van der Waals surface area (Å²) in [5.74, 6) is 1.36. The van der Waals surface area contributed by atoms with Crippen molar-refractivity contribution in [2.75, 3.05) is 12.3 Å². The number of hydrogen-bond donors (Lipinski definition) is 1. The molecule has 12 heavy (non-hydrogen) atoms. The maximum Gasteiger partial charge on any atom is 0.0285 e. The highest BCUT2D eigenvalue weighted by Crippen LogP contribution is 2.41. The van der Waals surface area contributed by atoms with Crippen LogP contribution in [0.5, 0.6) is 0 Å². The zero-order valence-corrected chi connectivity index (χ0v) is 9.34. The van der Waals surface area contributed by atoms with Crippen LogP contribution in [-0.2, 0) is 0 Å². The lowest BCUT2D eigenvalue weighted by atomic mass is 9.94. The van der Waals surface area contributed by atoms with E-state index in [1.54, 1.807) is 0 Å². The summed E-state index contributed by atoms with van der Waals surface area (Å²) in [5, 5.41) is 3.59. The van der Waals surface area contributed by atoms with Crippen LogP contribution in [0.25, 0.3) is 0 Å². The van der Waals surface area contributed by atoms with Crippen molar-refractivity contribution in [2.45, 2.75) is 50.8 Å². The van der Waals surface area contributed by atoms with E-state index in [1.165, 1.54) is 25.0 Å². The standard InChI is InChI=1S/C10H21NS/c1-4-9(11-5-2)10(3)7-6-8-12-10/h9,11H,4-8H2,1-3H3. The van der Waals surface area contributed by atoms with Crippen LogP contribution in [-0.4, -0.2) is 23.1 Å². The molecular formula is C10H21NS. The maximum absolute atomic E-state index is 3.59. The topological polar surface area (TPSA) is 12.0 Å². The highest BCUT2D eigenvalue weighted by atomic mass is 32.2. The summed E-state index contributed by atoms with van der Waals surface area (Å²) in [7, 11) is 0. The van der Waals surface area contributed by atoms with Gasteiger partial charge < -0.3 is 5.32 Å². The molecule has 0 bridgehead atoms. The normalized spacial score (nSPS) is 32.2. The second-order valence-corrected chi connectivity index (χ2v) is 5.41. The lowest BCUT2D eigenvalue weighted by Gasteiger charge is -2.33. The molecule has 0 aliphatic carbocycles. The van der Waals surface area contributed by atoms with Gasteiger partial charge in [-0.1, -0.05) is 13.8 Å². The Bertz CT molecular complexity index is 130. The quantitative estimate of drug-likeness (QED) is 0.726. The van der Waals surface area contributed by atoms with Crippen molar-refractivity contribution in [3.8, 4) is 0 Å². The Morgan fingerprint density at radius 1 is 1.50 bits per heavy atom. The van der Waals surface area contributed by atoms with Crippen LogP contribution >= 0.6 is 11.8 Å². The Morgan fingerprint density at radius 3 is 2.67 bits per heavy atom. The van der Waals surface area contributed by atoms with Crippen molar-refractivity contribution in [3.63, 3.8) is 0 Å². The number of rotatable bonds is 4. The molecule has 0 aromatic heterocycles. The number of thioether (sulfide) groups is 1.